The van der Waals surface area contributed by atoms with E-state index in [1.54, 1.807) is 13.8 Å². The summed E-state index contributed by atoms with van der Waals surface area (Å²) in [5.74, 6) is -0.875. The summed E-state index contributed by atoms with van der Waals surface area (Å²) >= 11 is 0. The highest BCUT2D eigenvalue weighted by atomic mass is 16.4. The maximum Gasteiger partial charge on any atom is 0.328 e. The SMILES string of the molecule is Cc1cc(C(=O)N[C@@H](CO)C(=O)O)c(C)o1. The molecule has 1 aromatic rings. The molecule has 0 saturated carbocycles. The molecular formula is C10H13NO5. The number of hydrogen-bond acceptors (Lipinski definition) is 4. The molecule has 1 rings (SSSR count). The van der Waals surface area contributed by atoms with E-state index >= 15 is 0 Å². The summed E-state index contributed by atoms with van der Waals surface area (Å²) in [5, 5.41) is 19.6. The second-order valence-electron chi connectivity index (χ2n) is 3.37. The van der Waals surface area contributed by atoms with Gasteiger partial charge in [0.15, 0.2) is 6.04 Å². The van der Waals surface area contributed by atoms with Crippen molar-refractivity contribution in [2.24, 2.45) is 0 Å². The van der Waals surface area contributed by atoms with Gasteiger partial charge in [-0.25, -0.2) is 4.79 Å². The normalized spacial score (nSPS) is 12.2. The first kappa shape index (κ1) is 12.3. The number of carboxylic acid groups (broad SMARTS) is 1. The minimum atomic E-state index is -1.30. The molecule has 0 radical (unpaired) electrons. The Morgan fingerprint density at radius 1 is 1.50 bits per heavy atom. The maximum atomic E-state index is 11.6. The van der Waals surface area contributed by atoms with Gasteiger partial charge in [-0.15, -0.1) is 0 Å². The first-order chi connectivity index (χ1) is 7.45. The highest BCUT2D eigenvalue weighted by Gasteiger charge is 2.21. The van der Waals surface area contributed by atoms with Crippen LogP contribution in [0.15, 0.2) is 10.5 Å². The number of rotatable bonds is 4. The lowest BCUT2D eigenvalue weighted by molar-refractivity contribution is -0.140. The zero-order valence-corrected chi connectivity index (χ0v) is 8.98. The Morgan fingerprint density at radius 3 is 2.50 bits per heavy atom. The predicted molar refractivity (Wildman–Crippen MR) is 54.2 cm³/mol. The van der Waals surface area contributed by atoms with Crippen molar-refractivity contribution >= 4 is 11.9 Å². The van der Waals surface area contributed by atoms with Crippen LogP contribution in [-0.4, -0.2) is 34.7 Å². The third-order valence-electron chi connectivity index (χ3n) is 2.07. The van der Waals surface area contributed by atoms with E-state index in [2.05, 4.69) is 5.32 Å². The average Bonchev–Trinajstić information content (AvgIpc) is 2.53. The van der Waals surface area contributed by atoms with Crippen LogP contribution in [0.5, 0.6) is 0 Å². The van der Waals surface area contributed by atoms with Crippen LogP contribution in [0.3, 0.4) is 0 Å². The largest absolute Gasteiger partial charge is 0.480 e. The molecule has 0 spiro atoms. The van der Waals surface area contributed by atoms with E-state index < -0.39 is 24.5 Å². The Kier molecular flexibility index (Phi) is 3.68. The monoisotopic (exact) mass is 227 g/mol. The van der Waals surface area contributed by atoms with Crippen LogP contribution in [-0.2, 0) is 4.79 Å². The van der Waals surface area contributed by atoms with Crippen molar-refractivity contribution in [3.05, 3.63) is 23.2 Å². The van der Waals surface area contributed by atoms with Crippen LogP contribution in [0.1, 0.15) is 21.9 Å². The number of carboxylic acids is 1. The fraction of sp³-hybridized carbons (Fsp3) is 0.400. The van der Waals surface area contributed by atoms with Gasteiger partial charge >= 0.3 is 5.97 Å². The third kappa shape index (κ3) is 2.60. The van der Waals surface area contributed by atoms with Crippen LogP contribution < -0.4 is 5.32 Å². The summed E-state index contributed by atoms with van der Waals surface area (Å²) in [5.41, 5.74) is 0.275. The minimum absolute atomic E-state index is 0.275. The van der Waals surface area contributed by atoms with Gasteiger partial charge < -0.3 is 19.9 Å². The van der Waals surface area contributed by atoms with Gasteiger partial charge in [0, 0.05) is 0 Å². The molecule has 0 saturated heterocycles. The molecule has 0 fully saturated rings. The van der Waals surface area contributed by atoms with Crippen LogP contribution in [0.4, 0.5) is 0 Å². The molecule has 1 atom stereocenters. The Labute approximate surface area is 91.9 Å². The number of aliphatic hydroxyl groups is 1. The van der Waals surface area contributed by atoms with Crippen molar-refractivity contribution in [1.82, 2.24) is 5.32 Å². The molecule has 3 N–H and O–H groups in total. The molecule has 0 unspecified atom stereocenters. The minimum Gasteiger partial charge on any atom is -0.480 e. The molecule has 88 valence electrons. The van der Waals surface area contributed by atoms with Crippen LogP contribution >= 0.6 is 0 Å². The summed E-state index contributed by atoms with van der Waals surface area (Å²) in [7, 11) is 0. The van der Waals surface area contributed by atoms with Crippen molar-refractivity contribution in [3.63, 3.8) is 0 Å². The van der Waals surface area contributed by atoms with Gasteiger partial charge in [-0.1, -0.05) is 0 Å². The van der Waals surface area contributed by atoms with Gasteiger partial charge in [-0.3, -0.25) is 4.79 Å². The standard InChI is InChI=1S/C10H13NO5/c1-5-3-7(6(2)16-5)9(13)11-8(4-12)10(14)15/h3,8,12H,4H2,1-2H3,(H,11,13)(H,14,15)/t8-/m0/s1. The van der Waals surface area contributed by atoms with E-state index in [9.17, 15) is 9.59 Å². The summed E-state index contributed by atoms with van der Waals surface area (Å²) < 4.78 is 5.14. The second kappa shape index (κ2) is 4.80. The Balaban J connectivity index is 2.79. The van der Waals surface area contributed by atoms with Gasteiger partial charge in [0.05, 0.1) is 12.2 Å². The van der Waals surface area contributed by atoms with E-state index in [0.717, 1.165) is 0 Å². The number of carbonyl (C=O) groups is 2. The summed E-state index contributed by atoms with van der Waals surface area (Å²) in [6.07, 6.45) is 0. The van der Waals surface area contributed by atoms with E-state index in [-0.39, 0.29) is 5.56 Å². The van der Waals surface area contributed by atoms with E-state index in [1.807, 2.05) is 0 Å². The third-order valence-corrected chi connectivity index (χ3v) is 2.07. The molecule has 6 nitrogen and oxygen atoms in total. The van der Waals surface area contributed by atoms with Crippen molar-refractivity contribution in [2.45, 2.75) is 19.9 Å². The van der Waals surface area contributed by atoms with E-state index in [0.29, 0.717) is 11.5 Å². The van der Waals surface area contributed by atoms with Crippen molar-refractivity contribution in [2.75, 3.05) is 6.61 Å². The topological polar surface area (TPSA) is 99.8 Å². The summed E-state index contributed by atoms with van der Waals surface area (Å²) in [6, 6.07) is 0.211. The molecule has 1 aromatic heterocycles. The van der Waals surface area contributed by atoms with Crippen molar-refractivity contribution in [1.29, 1.82) is 0 Å². The highest BCUT2D eigenvalue weighted by Crippen LogP contribution is 2.13. The number of amides is 1. The molecule has 0 bridgehead atoms. The lowest BCUT2D eigenvalue weighted by Gasteiger charge is -2.10. The first-order valence-corrected chi connectivity index (χ1v) is 4.67. The molecule has 1 heterocycles. The van der Waals surface area contributed by atoms with E-state index in [4.69, 9.17) is 14.6 Å². The fourth-order valence-electron chi connectivity index (χ4n) is 1.28. The number of aliphatic carboxylic acids is 1. The number of carbonyl (C=O) groups excluding carboxylic acids is 1. The van der Waals surface area contributed by atoms with Gasteiger partial charge in [0.2, 0.25) is 0 Å². The van der Waals surface area contributed by atoms with Crippen LogP contribution in [0.2, 0.25) is 0 Å². The summed E-state index contributed by atoms with van der Waals surface area (Å²) in [4.78, 5) is 22.2. The van der Waals surface area contributed by atoms with E-state index in [1.165, 1.54) is 6.07 Å². The number of furan rings is 1. The van der Waals surface area contributed by atoms with Gasteiger partial charge in [0.25, 0.3) is 5.91 Å². The lowest BCUT2D eigenvalue weighted by Crippen LogP contribution is -2.43. The lowest BCUT2D eigenvalue weighted by atomic mass is 10.2. The predicted octanol–water partition coefficient (Wildman–Crippen LogP) is 0.0717. The van der Waals surface area contributed by atoms with Gasteiger partial charge in [0.1, 0.15) is 11.5 Å². The molecular weight excluding hydrogens is 214 g/mol. The highest BCUT2D eigenvalue weighted by molar-refractivity contribution is 5.97. The molecule has 0 aliphatic carbocycles. The molecule has 0 aliphatic rings. The summed E-state index contributed by atoms with van der Waals surface area (Å²) in [6.45, 7) is 2.64. The molecule has 6 heteroatoms. The van der Waals surface area contributed by atoms with Crippen molar-refractivity contribution in [3.8, 4) is 0 Å². The molecule has 16 heavy (non-hydrogen) atoms. The number of hydrogen-bond donors (Lipinski definition) is 3. The maximum absolute atomic E-state index is 11.6. The quantitative estimate of drug-likeness (QED) is 0.676. The zero-order chi connectivity index (χ0) is 12.3. The zero-order valence-electron chi connectivity index (χ0n) is 8.98. The smallest absolute Gasteiger partial charge is 0.328 e. The molecule has 1 amide bonds. The van der Waals surface area contributed by atoms with Gasteiger partial charge in [-0.05, 0) is 19.9 Å². The van der Waals surface area contributed by atoms with Crippen LogP contribution in [0, 0.1) is 13.8 Å². The molecule has 0 aliphatic heterocycles. The number of aliphatic hydroxyl groups excluding tert-OH is 1. The average molecular weight is 227 g/mol. The Bertz CT molecular complexity index is 409. The first-order valence-electron chi connectivity index (χ1n) is 4.67. The fourth-order valence-corrected chi connectivity index (χ4v) is 1.28. The second-order valence-corrected chi connectivity index (χ2v) is 3.37. The van der Waals surface area contributed by atoms with Crippen molar-refractivity contribution < 1.29 is 24.2 Å². The molecule has 0 aromatic carbocycles. The number of nitrogens with one attached hydrogen (secondary N) is 1. The van der Waals surface area contributed by atoms with Gasteiger partial charge in [-0.2, -0.15) is 0 Å². The Morgan fingerprint density at radius 2 is 2.12 bits per heavy atom. The Hall–Kier alpha value is -1.82. The van der Waals surface area contributed by atoms with Crippen LogP contribution in [0.25, 0.3) is 0 Å². The number of aryl methyl sites for hydroxylation is 2.